The highest BCUT2D eigenvalue weighted by atomic mass is 15.2. The molecule has 0 aliphatic rings. The van der Waals surface area contributed by atoms with Crippen LogP contribution >= 0.6 is 0 Å². The number of nitrogens with zero attached hydrogens (tertiary/aromatic N) is 3. The largest absolute Gasteiger partial charge is 0.374 e. The first-order chi connectivity index (χ1) is 14.1. The zero-order chi connectivity index (χ0) is 22.2. The van der Waals surface area contributed by atoms with Crippen LogP contribution in [0.3, 0.4) is 0 Å². The van der Waals surface area contributed by atoms with E-state index in [4.69, 9.17) is 0 Å². The maximum absolute atomic E-state index is 11.5. The van der Waals surface area contributed by atoms with Gasteiger partial charge in [-0.05, 0) is 69.7 Å². The van der Waals surface area contributed by atoms with Gasteiger partial charge in [-0.15, -0.1) is 0 Å². The van der Waals surface area contributed by atoms with Crippen molar-refractivity contribution in [1.82, 2.24) is 9.13 Å². The topological polar surface area (TPSA) is 32.2 Å². The van der Waals surface area contributed by atoms with Crippen LogP contribution in [0.25, 0.3) is 16.8 Å². The van der Waals surface area contributed by atoms with E-state index in [0.717, 1.165) is 11.4 Å². The van der Waals surface area contributed by atoms with Gasteiger partial charge in [0.2, 0.25) is 0 Å². The molecule has 0 atom stereocenters. The summed E-state index contributed by atoms with van der Waals surface area (Å²) in [6, 6.07) is 13.0. The van der Waals surface area contributed by atoms with Gasteiger partial charge in [-0.3, -0.25) is 0 Å². The van der Waals surface area contributed by atoms with E-state index in [1.165, 1.54) is 22.3 Å². The molecular weight excluding hydrogens is 366 g/mol. The number of para-hydroxylation sites is 2. The first-order valence-electron chi connectivity index (χ1n) is 11.2. The van der Waals surface area contributed by atoms with Gasteiger partial charge in [0.15, 0.2) is 0 Å². The molecular formula is C27H36N3-. The fourth-order valence-electron chi connectivity index (χ4n) is 4.31. The van der Waals surface area contributed by atoms with Crippen molar-refractivity contribution in [3.8, 4) is 11.4 Å². The number of hydrogen-bond acceptors (Lipinski definition) is 0. The Hall–Kier alpha value is -2.55. The molecule has 1 heterocycles. The van der Waals surface area contributed by atoms with Crippen LogP contribution in [0.15, 0.2) is 48.8 Å². The van der Waals surface area contributed by atoms with Crippen molar-refractivity contribution in [2.24, 2.45) is 0 Å². The fourth-order valence-corrected chi connectivity index (χ4v) is 4.31. The summed E-state index contributed by atoms with van der Waals surface area (Å²) in [5.41, 5.74) is 7.46. The molecule has 2 aromatic carbocycles. The standard InChI is InChI=1S/C27H36N3/c1-17(2)21-11-9-12-22(18(3)4)25(21)29-15-16-30(27(29)28)26-23(19(5)6)13-10-14-24(26)20(7)8/h9-20H,1-8H3/q-1. The zero-order valence-electron chi connectivity index (χ0n) is 19.8. The molecule has 3 nitrogen and oxygen atoms in total. The van der Waals surface area contributed by atoms with Gasteiger partial charge in [-0.2, -0.15) is 0 Å². The Morgan fingerprint density at radius 3 is 1.03 bits per heavy atom. The maximum Gasteiger partial charge on any atom is 0.0267 e. The van der Waals surface area contributed by atoms with Crippen LogP contribution in [-0.2, 0) is 0 Å². The minimum atomic E-state index is 0.250. The molecule has 0 aliphatic carbocycles. The first-order valence-corrected chi connectivity index (χ1v) is 11.2. The van der Waals surface area contributed by atoms with Crippen molar-refractivity contribution < 1.29 is 0 Å². The molecule has 1 aromatic heterocycles. The number of imidazole rings is 1. The fraction of sp³-hybridized carbons (Fsp3) is 0.444. The molecule has 0 amide bonds. The summed E-state index contributed by atoms with van der Waals surface area (Å²) in [6.07, 6.45) is 4.01. The molecule has 0 fully saturated rings. The Morgan fingerprint density at radius 2 is 0.800 bits per heavy atom. The van der Waals surface area contributed by atoms with Crippen LogP contribution in [-0.4, -0.2) is 9.13 Å². The molecule has 3 rings (SSSR count). The molecule has 0 aliphatic heterocycles. The Balaban J connectivity index is 2.33. The van der Waals surface area contributed by atoms with Crippen LogP contribution < -0.4 is 5.62 Å². The smallest absolute Gasteiger partial charge is 0.0267 e. The van der Waals surface area contributed by atoms with E-state index in [2.05, 4.69) is 91.8 Å². The Morgan fingerprint density at radius 1 is 0.533 bits per heavy atom. The quantitative estimate of drug-likeness (QED) is 0.416. The van der Waals surface area contributed by atoms with Gasteiger partial charge in [0.1, 0.15) is 0 Å². The normalized spacial score (nSPS) is 12.0. The first kappa shape index (κ1) is 22.1. The number of rotatable bonds is 6. The van der Waals surface area contributed by atoms with Gasteiger partial charge in [0.05, 0.1) is 0 Å². The summed E-state index contributed by atoms with van der Waals surface area (Å²) in [7, 11) is 0. The third-order valence-corrected chi connectivity index (χ3v) is 5.96. The Labute approximate surface area is 181 Å². The lowest BCUT2D eigenvalue weighted by Gasteiger charge is -2.26. The van der Waals surface area contributed by atoms with E-state index >= 15 is 0 Å². The number of benzene rings is 2. The molecule has 0 unspecified atom stereocenters. The van der Waals surface area contributed by atoms with Gasteiger partial charge < -0.3 is 14.5 Å². The van der Waals surface area contributed by atoms with E-state index in [1.54, 1.807) is 0 Å². The summed E-state index contributed by atoms with van der Waals surface area (Å²) in [6.45, 7) is 17.7. The molecule has 0 bridgehead atoms. The Bertz CT molecular complexity index is 941. The molecule has 0 saturated heterocycles. The molecule has 30 heavy (non-hydrogen) atoms. The van der Waals surface area contributed by atoms with E-state index in [-0.39, 0.29) is 5.62 Å². The number of aromatic nitrogens is 2. The van der Waals surface area contributed by atoms with E-state index in [1.807, 2.05) is 21.5 Å². The van der Waals surface area contributed by atoms with E-state index < -0.39 is 0 Å². The van der Waals surface area contributed by atoms with Crippen molar-refractivity contribution in [2.45, 2.75) is 79.1 Å². The monoisotopic (exact) mass is 402 g/mol. The second-order valence-electron chi connectivity index (χ2n) is 9.53. The van der Waals surface area contributed by atoms with Gasteiger partial charge in [-0.25, -0.2) is 0 Å². The summed E-state index contributed by atoms with van der Waals surface area (Å²) in [5.74, 6) is 1.46. The summed E-state index contributed by atoms with van der Waals surface area (Å²) < 4.78 is 3.93. The van der Waals surface area contributed by atoms with E-state index in [9.17, 15) is 5.41 Å². The zero-order valence-corrected chi connectivity index (χ0v) is 19.8. The predicted molar refractivity (Wildman–Crippen MR) is 128 cm³/mol. The van der Waals surface area contributed by atoms with Gasteiger partial charge >= 0.3 is 0 Å². The SMILES string of the molecule is CC(C)c1cccc(C(C)C)c1-n1ccn(-c2c(C(C)C)cccc2C(C)C)c1=[N-]. The maximum atomic E-state index is 11.5. The lowest BCUT2D eigenvalue weighted by molar-refractivity contribution is 0.774. The molecule has 0 saturated carbocycles. The van der Waals surface area contributed by atoms with Crippen molar-refractivity contribution in [3.05, 3.63) is 82.1 Å². The van der Waals surface area contributed by atoms with Gasteiger partial charge in [-0.1, -0.05) is 91.8 Å². The van der Waals surface area contributed by atoms with E-state index in [0.29, 0.717) is 23.7 Å². The third kappa shape index (κ3) is 3.90. The lowest BCUT2D eigenvalue weighted by atomic mass is 9.92. The molecule has 160 valence electrons. The highest BCUT2D eigenvalue weighted by molar-refractivity contribution is 5.54. The molecule has 3 heteroatoms. The van der Waals surface area contributed by atoms with Crippen LogP contribution in [0.2, 0.25) is 0 Å². The van der Waals surface area contributed by atoms with Gasteiger partial charge in [0, 0.05) is 5.62 Å². The highest BCUT2D eigenvalue weighted by Gasteiger charge is 2.16. The van der Waals surface area contributed by atoms with Crippen LogP contribution in [0.5, 0.6) is 0 Å². The van der Waals surface area contributed by atoms with Crippen molar-refractivity contribution in [2.75, 3.05) is 0 Å². The minimum Gasteiger partial charge on any atom is -0.374 e. The second kappa shape index (κ2) is 8.67. The highest BCUT2D eigenvalue weighted by Crippen LogP contribution is 2.32. The number of hydrogen-bond donors (Lipinski definition) is 0. The summed E-state index contributed by atoms with van der Waals surface area (Å²) in [4.78, 5) is 0. The van der Waals surface area contributed by atoms with Crippen LogP contribution in [0.4, 0.5) is 0 Å². The van der Waals surface area contributed by atoms with Gasteiger partial charge in [0.25, 0.3) is 0 Å². The van der Waals surface area contributed by atoms with Crippen LogP contribution in [0.1, 0.15) is 101 Å². The second-order valence-corrected chi connectivity index (χ2v) is 9.53. The van der Waals surface area contributed by atoms with Crippen LogP contribution in [0, 0.1) is 0 Å². The average molecular weight is 403 g/mol. The lowest BCUT2D eigenvalue weighted by Crippen LogP contribution is -2.25. The molecule has 0 radical (unpaired) electrons. The average Bonchev–Trinajstić information content (AvgIpc) is 3.07. The summed E-state index contributed by atoms with van der Waals surface area (Å²) >= 11 is 0. The molecule has 0 spiro atoms. The molecule has 0 N–H and O–H groups in total. The van der Waals surface area contributed by atoms with Crippen molar-refractivity contribution in [3.63, 3.8) is 0 Å². The predicted octanol–water partition coefficient (Wildman–Crippen LogP) is 7.23. The van der Waals surface area contributed by atoms with Crippen molar-refractivity contribution >= 4 is 0 Å². The Kier molecular flexibility index (Phi) is 6.40. The van der Waals surface area contributed by atoms with Crippen molar-refractivity contribution in [1.29, 1.82) is 0 Å². The minimum absolute atomic E-state index is 0.250. The summed E-state index contributed by atoms with van der Waals surface area (Å²) in [5, 5.41) is 11.5. The third-order valence-electron chi connectivity index (χ3n) is 5.96. The molecule has 3 aromatic rings.